The summed E-state index contributed by atoms with van der Waals surface area (Å²) in [6.07, 6.45) is 2.53. The molecule has 2 aromatic rings. The first-order valence-electron chi connectivity index (χ1n) is 8.60. The highest BCUT2D eigenvalue weighted by Crippen LogP contribution is 2.35. The Bertz CT molecular complexity index is 1090. The molecule has 1 aromatic carbocycles. The van der Waals surface area contributed by atoms with Gasteiger partial charge in [-0.15, -0.1) is 0 Å². The predicted molar refractivity (Wildman–Crippen MR) is 105 cm³/mol. The predicted octanol–water partition coefficient (Wildman–Crippen LogP) is 1.27. The molecule has 1 aromatic heterocycles. The molecule has 0 saturated carbocycles. The number of amidine groups is 1. The number of carbonyl (C=O) groups excluding carboxylic acids is 1. The first kappa shape index (κ1) is 20.6. The van der Waals surface area contributed by atoms with Crippen LogP contribution in [0, 0.1) is 5.82 Å². The van der Waals surface area contributed by atoms with E-state index in [9.17, 15) is 17.6 Å². The van der Waals surface area contributed by atoms with E-state index in [0.29, 0.717) is 0 Å². The third-order valence-corrected chi connectivity index (χ3v) is 6.97. The van der Waals surface area contributed by atoms with Gasteiger partial charge in [-0.25, -0.2) is 22.8 Å². The molecule has 0 aliphatic carbocycles. The minimum Gasteiger partial charge on any atom is -0.480 e. The zero-order chi connectivity index (χ0) is 21.4. The second-order valence-electron chi connectivity index (χ2n) is 6.85. The van der Waals surface area contributed by atoms with Crippen molar-refractivity contribution in [1.29, 1.82) is 0 Å². The Hall–Kier alpha value is -3.08. The second-order valence-corrected chi connectivity index (χ2v) is 9.17. The van der Waals surface area contributed by atoms with E-state index in [2.05, 4.69) is 20.3 Å². The summed E-state index contributed by atoms with van der Waals surface area (Å²) in [5.41, 5.74) is 4.65. The quantitative estimate of drug-likeness (QED) is 0.758. The van der Waals surface area contributed by atoms with E-state index in [4.69, 9.17) is 10.5 Å². The van der Waals surface area contributed by atoms with E-state index >= 15 is 0 Å². The maximum Gasteiger partial charge on any atom is 0.275 e. The number of hydrogen-bond donors (Lipinski definition) is 2. The SMILES string of the molecule is COc1cnc(C(=O)Nc2ccc(F)c([C@]3(C)CS(=O)(=O)[C@@H](C)C(N)=N3)c2)cn1. The van der Waals surface area contributed by atoms with Crippen LogP contribution in [0.1, 0.15) is 29.9 Å². The molecule has 0 unspecified atom stereocenters. The van der Waals surface area contributed by atoms with E-state index in [1.807, 2.05) is 0 Å². The van der Waals surface area contributed by atoms with Gasteiger partial charge in [-0.3, -0.25) is 9.79 Å². The summed E-state index contributed by atoms with van der Waals surface area (Å²) >= 11 is 0. The molecule has 1 amide bonds. The number of nitrogens with one attached hydrogen (secondary N) is 1. The van der Waals surface area contributed by atoms with Gasteiger partial charge < -0.3 is 15.8 Å². The van der Waals surface area contributed by atoms with Gasteiger partial charge in [0.1, 0.15) is 28.1 Å². The number of amides is 1. The summed E-state index contributed by atoms with van der Waals surface area (Å²) in [7, 11) is -2.19. The lowest BCUT2D eigenvalue weighted by Crippen LogP contribution is -2.47. The fourth-order valence-corrected chi connectivity index (χ4v) is 4.67. The van der Waals surface area contributed by atoms with Gasteiger partial charge >= 0.3 is 0 Å². The van der Waals surface area contributed by atoms with E-state index in [1.54, 1.807) is 0 Å². The third-order valence-electron chi connectivity index (χ3n) is 4.69. The highest BCUT2D eigenvalue weighted by Gasteiger charge is 2.42. The number of benzene rings is 1. The maximum absolute atomic E-state index is 14.6. The number of halogens is 1. The van der Waals surface area contributed by atoms with Crippen LogP contribution >= 0.6 is 0 Å². The molecule has 9 nitrogen and oxygen atoms in total. The molecule has 2 atom stereocenters. The van der Waals surface area contributed by atoms with Crippen LogP contribution in [-0.4, -0.2) is 48.2 Å². The van der Waals surface area contributed by atoms with Crippen molar-refractivity contribution in [3.8, 4) is 5.88 Å². The third kappa shape index (κ3) is 4.04. The van der Waals surface area contributed by atoms with Crippen molar-refractivity contribution < 1.29 is 22.3 Å². The van der Waals surface area contributed by atoms with Gasteiger partial charge in [-0.05, 0) is 32.0 Å². The molecule has 29 heavy (non-hydrogen) atoms. The van der Waals surface area contributed by atoms with Gasteiger partial charge in [0.05, 0.1) is 25.3 Å². The average molecular weight is 421 g/mol. The van der Waals surface area contributed by atoms with Crippen LogP contribution < -0.4 is 15.8 Å². The zero-order valence-corrected chi connectivity index (χ0v) is 16.8. The van der Waals surface area contributed by atoms with E-state index in [-0.39, 0.29) is 28.7 Å². The number of aromatic nitrogens is 2. The number of aliphatic imine (C=N–C) groups is 1. The van der Waals surface area contributed by atoms with E-state index in [1.165, 1.54) is 45.5 Å². The Kier molecular flexibility index (Phi) is 5.26. The van der Waals surface area contributed by atoms with Gasteiger partial charge in [0.2, 0.25) is 5.88 Å². The molecule has 154 valence electrons. The standard InChI is InChI=1S/C18H20FN5O4S/c1-10-16(20)24-18(2,9-29(10,26)27)12-6-11(4-5-13(12)19)23-17(25)14-7-22-15(28-3)8-21-14/h4-8,10H,9H2,1-3H3,(H2,20,24)(H,23,25)/t10-,18-/m0/s1. The van der Waals surface area contributed by atoms with Crippen molar-refractivity contribution >= 4 is 27.3 Å². The topological polar surface area (TPSA) is 137 Å². The number of nitrogens with two attached hydrogens (primary N) is 1. The van der Waals surface area contributed by atoms with Gasteiger partial charge in [0, 0.05) is 11.3 Å². The van der Waals surface area contributed by atoms with Gasteiger partial charge in [0.25, 0.3) is 5.91 Å². The molecule has 0 saturated heterocycles. The largest absolute Gasteiger partial charge is 0.480 e. The van der Waals surface area contributed by atoms with E-state index < -0.39 is 38.1 Å². The summed E-state index contributed by atoms with van der Waals surface area (Å²) in [5.74, 6) is -1.46. The van der Waals surface area contributed by atoms with Crippen LogP contribution in [0.25, 0.3) is 0 Å². The molecule has 3 N–H and O–H groups in total. The van der Waals surface area contributed by atoms with Crippen molar-refractivity contribution in [3.63, 3.8) is 0 Å². The number of anilines is 1. The highest BCUT2D eigenvalue weighted by molar-refractivity contribution is 7.92. The van der Waals surface area contributed by atoms with Crippen molar-refractivity contribution in [3.05, 3.63) is 47.7 Å². The summed E-state index contributed by atoms with van der Waals surface area (Å²) in [6, 6.07) is 3.82. The fourth-order valence-electron chi connectivity index (χ4n) is 3.00. The Morgan fingerprint density at radius 2 is 2.07 bits per heavy atom. The van der Waals surface area contributed by atoms with Crippen LogP contribution in [0.3, 0.4) is 0 Å². The Balaban J connectivity index is 1.93. The molecule has 3 rings (SSSR count). The fraction of sp³-hybridized carbons (Fsp3) is 0.333. The number of hydrogen-bond acceptors (Lipinski definition) is 8. The summed E-state index contributed by atoms with van der Waals surface area (Å²) < 4.78 is 44.3. The molecular weight excluding hydrogens is 401 g/mol. The molecule has 0 radical (unpaired) electrons. The number of nitrogens with zero attached hydrogens (tertiary/aromatic N) is 3. The molecule has 0 fully saturated rings. The zero-order valence-electron chi connectivity index (χ0n) is 16.0. The van der Waals surface area contributed by atoms with Crippen LogP contribution in [0.5, 0.6) is 5.88 Å². The lowest BCUT2D eigenvalue weighted by molar-refractivity contribution is 0.102. The van der Waals surface area contributed by atoms with Crippen LogP contribution in [0.4, 0.5) is 10.1 Å². The lowest BCUT2D eigenvalue weighted by Gasteiger charge is -2.33. The van der Waals surface area contributed by atoms with Crippen molar-refractivity contribution in [2.24, 2.45) is 10.7 Å². The number of carbonyl (C=O) groups is 1. The Morgan fingerprint density at radius 3 is 2.66 bits per heavy atom. The number of methoxy groups -OCH3 is 1. The normalized spacial score (nSPS) is 23.2. The number of sulfone groups is 1. The minimum atomic E-state index is -3.61. The van der Waals surface area contributed by atoms with Crippen molar-refractivity contribution in [1.82, 2.24) is 9.97 Å². The molecular formula is C18H20FN5O4S. The summed E-state index contributed by atoms with van der Waals surface area (Å²) in [5, 5.41) is 1.65. The molecule has 2 heterocycles. The average Bonchev–Trinajstić information content (AvgIpc) is 2.67. The molecule has 0 bridgehead atoms. The monoisotopic (exact) mass is 421 g/mol. The van der Waals surface area contributed by atoms with Gasteiger partial charge in [-0.2, -0.15) is 0 Å². The Morgan fingerprint density at radius 1 is 1.34 bits per heavy atom. The lowest BCUT2D eigenvalue weighted by atomic mass is 9.93. The van der Waals surface area contributed by atoms with Crippen molar-refractivity contribution in [2.75, 3.05) is 18.2 Å². The van der Waals surface area contributed by atoms with E-state index in [0.717, 1.165) is 6.07 Å². The minimum absolute atomic E-state index is 0.00883. The van der Waals surface area contributed by atoms with Gasteiger partial charge in [0.15, 0.2) is 9.84 Å². The molecule has 11 heteroatoms. The summed E-state index contributed by atoms with van der Waals surface area (Å²) in [6.45, 7) is 2.93. The van der Waals surface area contributed by atoms with Crippen LogP contribution in [-0.2, 0) is 15.4 Å². The maximum atomic E-state index is 14.6. The number of ether oxygens (including phenoxy) is 1. The number of rotatable bonds is 4. The first-order chi connectivity index (χ1) is 13.6. The Labute approximate surface area is 167 Å². The van der Waals surface area contributed by atoms with Crippen LogP contribution in [0.15, 0.2) is 35.6 Å². The molecule has 0 spiro atoms. The van der Waals surface area contributed by atoms with Gasteiger partial charge in [-0.1, -0.05) is 0 Å². The smallest absolute Gasteiger partial charge is 0.275 e. The second kappa shape index (κ2) is 7.39. The van der Waals surface area contributed by atoms with Crippen LogP contribution in [0.2, 0.25) is 0 Å². The molecule has 1 aliphatic rings. The summed E-state index contributed by atoms with van der Waals surface area (Å²) in [4.78, 5) is 24.5. The first-order valence-corrected chi connectivity index (χ1v) is 10.3. The highest BCUT2D eigenvalue weighted by atomic mass is 32.2. The van der Waals surface area contributed by atoms with Crippen molar-refractivity contribution in [2.45, 2.75) is 24.6 Å². The molecule has 1 aliphatic heterocycles.